The van der Waals surface area contributed by atoms with E-state index in [1.807, 2.05) is 0 Å². The van der Waals surface area contributed by atoms with Crippen LogP contribution in [0.2, 0.25) is 0 Å². The number of carbonyl (C=O) groups excluding carboxylic acids is 1. The summed E-state index contributed by atoms with van der Waals surface area (Å²) < 4.78 is 4.79. The molecule has 0 aliphatic heterocycles. The molecule has 0 saturated carbocycles. The van der Waals surface area contributed by atoms with Gasteiger partial charge in [0, 0.05) is 5.56 Å². The van der Waals surface area contributed by atoms with E-state index in [0.717, 1.165) is 0 Å². The smallest absolute Gasteiger partial charge is 0.336 e. The van der Waals surface area contributed by atoms with E-state index in [1.165, 1.54) is 30.7 Å². The van der Waals surface area contributed by atoms with E-state index in [-0.39, 0.29) is 16.9 Å². The fourth-order valence-corrected chi connectivity index (χ4v) is 1.42. The van der Waals surface area contributed by atoms with Crippen molar-refractivity contribution in [3.8, 4) is 0 Å². The van der Waals surface area contributed by atoms with Crippen LogP contribution in [0.3, 0.4) is 0 Å². The van der Waals surface area contributed by atoms with Gasteiger partial charge in [-0.3, -0.25) is 4.79 Å². The van der Waals surface area contributed by atoms with Crippen molar-refractivity contribution in [2.24, 2.45) is 0 Å². The van der Waals surface area contributed by atoms with Crippen molar-refractivity contribution in [2.45, 2.75) is 0 Å². The van der Waals surface area contributed by atoms with Gasteiger partial charge in [-0.15, -0.1) is 0 Å². The number of benzene rings is 1. The molecule has 4 nitrogen and oxygen atoms in total. The Hall–Kier alpha value is -2.36. The van der Waals surface area contributed by atoms with Crippen molar-refractivity contribution in [1.29, 1.82) is 0 Å². The predicted molar refractivity (Wildman–Crippen MR) is 55.5 cm³/mol. The molecule has 2 rings (SSSR count). The summed E-state index contributed by atoms with van der Waals surface area (Å²) in [5.41, 5.74) is 0.499. The fraction of sp³-hybridized carbons (Fsp3) is 0. The van der Waals surface area contributed by atoms with E-state index < -0.39 is 5.97 Å². The summed E-state index contributed by atoms with van der Waals surface area (Å²) in [6, 6.07) is 7.59. The summed E-state index contributed by atoms with van der Waals surface area (Å²) in [6.07, 6.45) is 2.66. The molecular weight excluding hydrogens is 208 g/mol. The summed E-state index contributed by atoms with van der Waals surface area (Å²) in [4.78, 5) is 22.8. The van der Waals surface area contributed by atoms with E-state index in [4.69, 9.17) is 9.52 Å². The van der Waals surface area contributed by atoms with Gasteiger partial charge in [0.05, 0.1) is 17.4 Å². The Labute approximate surface area is 91.1 Å². The van der Waals surface area contributed by atoms with Crippen LogP contribution in [0, 0.1) is 0 Å². The Morgan fingerprint density at radius 3 is 2.31 bits per heavy atom. The first-order chi connectivity index (χ1) is 7.70. The molecule has 1 aromatic carbocycles. The molecule has 0 aliphatic rings. The minimum absolute atomic E-state index is 0.00583. The Balaban J connectivity index is 2.49. The highest BCUT2D eigenvalue weighted by Gasteiger charge is 2.17. The molecule has 80 valence electrons. The van der Waals surface area contributed by atoms with Crippen molar-refractivity contribution < 1.29 is 19.1 Å². The number of carboxylic acid groups (broad SMARTS) is 1. The number of ketones is 1. The molecule has 0 fully saturated rings. The predicted octanol–water partition coefficient (Wildman–Crippen LogP) is 2.21. The van der Waals surface area contributed by atoms with Gasteiger partial charge in [0.2, 0.25) is 0 Å². The summed E-state index contributed by atoms with van der Waals surface area (Å²) in [5.74, 6) is -1.47. The zero-order chi connectivity index (χ0) is 11.5. The van der Waals surface area contributed by atoms with Crippen LogP contribution < -0.4 is 0 Å². The van der Waals surface area contributed by atoms with Crippen molar-refractivity contribution in [1.82, 2.24) is 0 Å². The monoisotopic (exact) mass is 216 g/mol. The first kappa shape index (κ1) is 10.2. The Kier molecular flexibility index (Phi) is 2.55. The third-order valence-electron chi connectivity index (χ3n) is 2.19. The van der Waals surface area contributed by atoms with E-state index in [2.05, 4.69) is 0 Å². The second kappa shape index (κ2) is 4.02. The molecule has 0 bridgehead atoms. The van der Waals surface area contributed by atoms with Crippen LogP contribution in [0.4, 0.5) is 0 Å². The minimum Gasteiger partial charge on any atom is -0.478 e. The van der Waals surface area contributed by atoms with Crippen LogP contribution in [-0.4, -0.2) is 16.9 Å². The number of carboxylic acids is 1. The SMILES string of the molecule is O=C(O)c1ccccc1C(=O)c1ccoc1. The number of aromatic carboxylic acids is 1. The number of hydrogen-bond acceptors (Lipinski definition) is 3. The highest BCUT2D eigenvalue weighted by atomic mass is 16.4. The summed E-state index contributed by atoms with van der Waals surface area (Å²) in [5, 5.41) is 8.94. The molecule has 0 spiro atoms. The average molecular weight is 216 g/mol. The number of hydrogen-bond donors (Lipinski definition) is 1. The van der Waals surface area contributed by atoms with Gasteiger partial charge in [0.1, 0.15) is 6.26 Å². The van der Waals surface area contributed by atoms with E-state index in [9.17, 15) is 9.59 Å². The zero-order valence-corrected chi connectivity index (χ0v) is 8.21. The normalized spacial score (nSPS) is 10.0. The molecule has 1 aromatic heterocycles. The molecule has 0 unspecified atom stereocenters. The van der Waals surface area contributed by atoms with Crippen molar-refractivity contribution in [3.05, 3.63) is 59.5 Å². The molecule has 1 heterocycles. The molecule has 16 heavy (non-hydrogen) atoms. The molecule has 0 amide bonds. The van der Waals surface area contributed by atoms with E-state index in [0.29, 0.717) is 5.56 Å². The fourth-order valence-electron chi connectivity index (χ4n) is 1.42. The highest BCUT2D eigenvalue weighted by molar-refractivity contribution is 6.14. The summed E-state index contributed by atoms with van der Waals surface area (Å²) in [7, 11) is 0. The summed E-state index contributed by atoms with van der Waals surface area (Å²) >= 11 is 0. The maximum atomic E-state index is 11.9. The van der Waals surface area contributed by atoms with Crippen LogP contribution in [0.1, 0.15) is 26.3 Å². The second-order valence-electron chi connectivity index (χ2n) is 3.19. The zero-order valence-electron chi connectivity index (χ0n) is 8.21. The van der Waals surface area contributed by atoms with Gasteiger partial charge in [-0.05, 0) is 12.1 Å². The van der Waals surface area contributed by atoms with Crippen LogP contribution in [0.25, 0.3) is 0 Å². The Morgan fingerprint density at radius 2 is 1.75 bits per heavy atom. The lowest BCUT2D eigenvalue weighted by atomic mass is 10.0. The molecular formula is C12H8O4. The quantitative estimate of drug-likeness (QED) is 0.798. The summed E-state index contributed by atoms with van der Waals surface area (Å²) in [6.45, 7) is 0. The first-order valence-electron chi connectivity index (χ1n) is 4.59. The molecule has 0 aliphatic carbocycles. The third kappa shape index (κ3) is 1.72. The first-order valence-corrected chi connectivity index (χ1v) is 4.59. The maximum Gasteiger partial charge on any atom is 0.336 e. The van der Waals surface area contributed by atoms with Crippen molar-refractivity contribution in [3.63, 3.8) is 0 Å². The van der Waals surface area contributed by atoms with E-state index >= 15 is 0 Å². The minimum atomic E-state index is -1.12. The Bertz CT molecular complexity index is 526. The second-order valence-corrected chi connectivity index (χ2v) is 3.19. The lowest BCUT2D eigenvalue weighted by Gasteiger charge is -2.02. The van der Waals surface area contributed by atoms with Crippen LogP contribution in [0.5, 0.6) is 0 Å². The van der Waals surface area contributed by atoms with Crippen LogP contribution >= 0.6 is 0 Å². The third-order valence-corrected chi connectivity index (χ3v) is 2.19. The molecule has 0 atom stereocenters. The number of rotatable bonds is 3. The molecule has 4 heteroatoms. The average Bonchev–Trinajstić information content (AvgIpc) is 2.81. The molecule has 2 aromatic rings. The van der Waals surface area contributed by atoms with E-state index in [1.54, 1.807) is 12.1 Å². The van der Waals surface area contributed by atoms with Crippen molar-refractivity contribution in [2.75, 3.05) is 0 Å². The van der Waals surface area contributed by atoms with Gasteiger partial charge in [-0.1, -0.05) is 18.2 Å². The van der Waals surface area contributed by atoms with Gasteiger partial charge in [0.15, 0.2) is 5.78 Å². The van der Waals surface area contributed by atoms with Crippen molar-refractivity contribution >= 4 is 11.8 Å². The van der Waals surface area contributed by atoms with Gasteiger partial charge in [-0.25, -0.2) is 4.79 Å². The van der Waals surface area contributed by atoms with Gasteiger partial charge in [-0.2, -0.15) is 0 Å². The largest absolute Gasteiger partial charge is 0.478 e. The van der Waals surface area contributed by atoms with Gasteiger partial charge in [0.25, 0.3) is 0 Å². The standard InChI is InChI=1S/C12H8O4/c13-11(8-5-6-16-7-8)9-3-1-2-4-10(9)12(14)15/h1-7H,(H,14,15). The lowest BCUT2D eigenvalue weighted by Crippen LogP contribution is -2.08. The highest BCUT2D eigenvalue weighted by Crippen LogP contribution is 2.14. The molecule has 1 N–H and O–H groups in total. The molecule has 0 saturated heterocycles. The number of furan rings is 1. The maximum absolute atomic E-state index is 11.9. The Morgan fingerprint density at radius 1 is 1.06 bits per heavy atom. The van der Waals surface area contributed by atoms with Crippen LogP contribution in [-0.2, 0) is 0 Å². The van der Waals surface area contributed by atoms with Gasteiger partial charge >= 0.3 is 5.97 Å². The number of carbonyl (C=O) groups is 2. The van der Waals surface area contributed by atoms with Crippen LogP contribution in [0.15, 0.2) is 47.3 Å². The topological polar surface area (TPSA) is 67.5 Å². The molecule has 0 radical (unpaired) electrons. The lowest BCUT2D eigenvalue weighted by molar-refractivity contribution is 0.0693. The van der Waals surface area contributed by atoms with Gasteiger partial charge < -0.3 is 9.52 Å².